The van der Waals surface area contributed by atoms with Crippen LogP contribution in [0.15, 0.2) is 24.3 Å². The van der Waals surface area contributed by atoms with Gasteiger partial charge in [-0.05, 0) is 30.0 Å². The fraction of sp³-hybridized carbons (Fsp3) is 0.300. The first-order valence-electron chi connectivity index (χ1n) is 4.93. The van der Waals surface area contributed by atoms with Crippen molar-refractivity contribution in [1.29, 1.82) is 0 Å². The molecule has 1 heterocycles. The van der Waals surface area contributed by atoms with Crippen molar-refractivity contribution in [2.45, 2.75) is 18.3 Å². The largest absolute Gasteiger partial charge is 0.399 e. The summed E-state index contributed by atoms with van der Waals surface area (Å²) in [6.07, 6.45) is 1.10. The zero-order valence-corrected chi connectivity index (χ0v) is 8.09. The van der Waals surface area contributed by atoms with Crippen LogP contribution in [0.3, 0.4) is 0 Å². The van der Waals surface area contributed by atoms with E-state index in [0.717, 1.165) is 17.9 Å². The normalized spacial score (nSPS) is 24.0. The Labute approximate surface area is 86.7 Å². The van der Waals surface area contributed by atoms with Crippen LogP contribution in [0.5, 0.6) is 0 Å². The van der Waals surface area contributed by atoms with Crippen molar-refractivity contribution in [2.24, 2.45) is 0 Å². The molecule has 1 aromatic heterocycles. The number of tetrazole rings is 1. The van der Waals surface area contributed by atoms with E-state index in [-0.39, 0.29) is 0 Å². The standard InChI is InChI=1S/C10H11N5/c11-7-3-1-6(2-4-7)8-5-9(8)10-12-14-15-13-10/h1-4,8-9H,5,11H2,(H,12,13,14,15)/t8-,9+/m0/s1. The molecule has 0 saturated heterocycles. The summed E-state index contributed by atoms with van der Waals surface area (Å²) in [7, 11) is 0. The van der Waals surface area contributed by atoms with E-state index in [9.17, 15) is 0 Å². The quantitative estimate of drug-likeness (QED) is 0.712. The van der Waals surface area contributed by atoms with Gasteiger partial charge in [0.1, 0.15) is 0 Å². The minimum absolute atomic E-state index is 0.423. The third-order valence-corrected chi connectivity index (χ3v) is 2.85. The molecule has 2 atom stereocenters. The summed E-state index contributed by atoms with van der Waals surface area (Å²) in [5.41, 5.74) is 7.74. The number of benzene rings is 1. The zero-order valence-electron chi connectivity index (χ0n) is 8.09. The lowest BCUT2D eigenvalue weighted by atomic mass is 10.1. The van der Waals surface area contributed by atoms with Crippen molar-refractivity contribution >= 4 is 5.69 Å². The van der Waals surface area contributed by atoms with Crippen LogP contribution < -0.4 is 5.73 Å². The number of nitrogens with two attached hydrogens (primary N) is 1. The Morgan fingerprint density at radius 3 is 2.67 bits per heavy atom. The summed E-state index contributed by atoms with van der Waals surface area (Å²) in [4.78, 5) is 0. The molecular formula is C10H11N5. The van der Waals surface area contributed by atoms with Crippen LogP contribution >= 0.6 is 0 Å². The lowest BCUT2D eigenvalue weighted by Gasteiger charge is -1.98. The second-order valence-electron chi connectivity index (χ2n) is 3.89. The van der Waals surface area contributed by atoms with Gasteiger partial charge in [-0.3, -0.25) is 0 Å². The van der Waals surface area contributed by atoms with Gasteiger partial charge in [-0.2, -0.15) is 5.21 Å². The molecule has 1 aromatic carbocycles. The van der Waals surface area contributed by atoms with Crippen LogP contribution in [-0.2, 0) is 0 Å². The SMILES string of the molecule is Nc1ccc([C@@H]2C[C@H]2c2nn[nH]n2)cc1. The topological polar surface area (TPSA) is 80.5 Å². The molecule has 15 heavy (non-hydrogen) atoms. The van der Waals surface area contributed by atoms with E-state index in [1.165, 1.54) is 5.56 Å². The van der Waals surface area contributed by atoms with Gasteiger partial charge in [0.05, 0.1) is 0 Å². The highest BCUT2D eigenvalue weighted by Gasteiger charge is 2.42. The van der Waals surface area contributed by atoms with Crippen LogP contribution in [-0.4, -0.2) is 20.6 Å². The molecule has 3 rings (SSSR count). The third kappa shape index (κ3) is 1.45. The van der Waals surface area contributed by atoms with Crippen LogP contribution in [0.25, 0.3) is 0 Å². The Hall–Kier alpha value is -1.91. The lowest BCUT2D eigenvalue weighted by Crippen LogP contribution is -1.88. The molecule has 3 N–H and O–H groups in total. The first kappa shape index (κ1) is 8.40. The van der Waals surface area contributed by atoms with Crippen LogP contribution in [0, 0.1) is 0 Å². The molecule has 1 aliphatic rings. The molecule has 0 bridgehead atoms. The molecule has 5 heteroatoms. The Morgan fingerprint density at radius 2 is 2.00 bits per heavy atom. The number of rotatable bonds is 2. The third-order valence-electron chi connectivity index (χ3n) is 2.85. The van der Waals surface area contributed by atoms with Gasteiger partial charge >= 0.3 is 0 Å². The number of aromatic amines is 1. The summed E-state index contributed by atoms with van der Waals surface area (Å²) in [5.74, 6) is 1.77. The number of nitrogens with one attached hydrogen (secondary N) is 1. The van der Waals surface area contributed by atoms with E-state index >= 15 is 0 Å². The number of nitrogens with zero attached hydrogens (tertiary/aromatic N) is 3. The zero-order chi connectivity index (χ0) is 10.3. The van der Waals surface area contributed by atoms with Crippen molar-refractivity contribution in [3.05, 3.63) is 35.7 Å². The lowest BCUT2D eigenvalue weighted by molar-refractivity contribution is 0.881. The summed E-state index contributed by atoms with van der Waals surface area (Å²) in [6.45, 7) is 0. The van der Waals surface area contributed by atoms with E-state index in [1.807, 2.05) is 12.1 Å². The van der Waals surface area contributed by atoms with Crippen molar-refractivity contribution < 1.29 is 0 Å². The van der Waals surface area contributed by atoms with Crippen molar-refractivity contribution in [3.63, 3.8) is 0 Å². The maximum absolute atomic E-state index is 5.64. The minimum Gasteiger partial charge on any atom is -0.399 e. The Kier molecular flexibility index (Phi) is 1.71. The highest BCUT2D eigenvalue weighted by atomic mass is 15.5. The second kappa shape index (κ2) is 3.05. The van der Waals surface area contributed by atoms with Gasteiger partial charge in [0.15, 0.2) is 5.82 Å². The molecule has 2 aromatic rings. The highest BCUT2D eigenvalue weighted by molar-refractivity contribution is 5.42. The Morgan fingerprint density at radius 1 is 1.20 bits per heavy atom. The second-order valence-corrected chi connectivity index (χ2v) is 3.89. The molecule has 1 aliphatic carbocycles. The predicted octanol–water partition coefficient (Wildman–Crippen LogP) is 1.05. The number of hydrogen-bond donors (Lipinski definition) is 2. The predicted molar refractivity (Wildman–Crippen MR) is 55.1 cm³/mol. The maximum atomic E-state index is 5.64. The van der Waals surface area contributed by atoms with Gasteiger partial charge in [0.25, 0.3) is 0 Å². The van der Waals surface area contributed by atoms with Gasteiger partial charge in [0.2, 0.25) is 0 Å². The number of H-pyrrole nitrogens is 1. The van der Waals surface area contributed by atoms with Gasteiger partial charge in [0, 0.05) is 11.6 Å². The van der Waals surface area contributed by atoms with Crippen LogP contribution in [0.2, 0.25) is 0 Å². The smallest absolute Gasteiger partial charge is 0.178 e. The monoisotopic (exact) mass is 201 g/mol. The molecule has 1 fully saturated rings. The molecule has 0 spiro atoms. The number of aromatic nitrogens is 4. The summed E-state index contributed by atoms with van der Waals surface area (Å²) in [6, 6.07) is 8.00. The molecule has 1 saturated carbocycles. The average molecular weight is 201 g/mol. The van der Waals surface area contributed by atoms with E-state index in [0.29, 0.717) is 11.8 Å². The summed E-state index contributed by atoms with van der Waals surface area (Å²) < 4.78 is 0. The molecule has 0 aliphatic heterocycles. The van der Waals surface area contributed by atoms with Gasteiger partial charge in [-0.1, -0.05) is 17.3 Å². The minimum atomic E-state index is 0.423. The highest BCUT2D eigenvalue weighted by Crippen LogP contribution is 2.53. The van der Waals surface area contributed by atoms with Crippen LogP contribution in [0.1, 0.15) is 29.6 Å². The van der Waals surface area contributed by atoms with E-state index < -0.39 is 0 Å². The maximum Gasteiger partial charge on any atom is 0.178 e. The molecule has 0 unspecified atom stereocenters. The summed E-state index contributed by atoms with van der Waals surface area (Å²) >= 11 is 0. The van der Waals surface area contributed by atoms with Crippen LogP contribution in [0.4, 0.5) is 5.69 Å². The molecule has 76 valence electrons. The van der Waals surface area contributed by atoms with Crippen molar-refractivity contribution in [3.8, 4) is 0 Å². The number of nitrogen functional groups attached to an aromatic ring is 1. The van der Waals surface area contributed by atoms with E-state index in [1.54, 1.807) is 0 Å². The molecule has 5 nitrogen and oxygen atoms in total. The number of hydrogen-bond acceptors (Lipinski definition) is 4. The van der Waals surface area contributed by atoms with Gasteiger partial charge in [-0.25, -0.2) is 0 Å². The fourth-order valence-corrected chi connectivity index (χ4v) is 1.92. The fourth-order valence-electron chi connectivity index (χ4n) is 1.92. The number of anilines is 1. The van der Waals surface area contributed by atoms with E-state index in [4.69, 9.17) is 5.73 Å². The molecule has 0 radical (unpaired) electrons. The first-order chi connectivity index (χ1) is 7.34. The Bertz CT molecular complexity index is 447. The first-order valence-corrected chi connectivity index (χ1v) is 4.93. The van der Waals surface area contributed by atoms with E-state index in [2.05, 4.69) is 32.8 Å². The Balaban J connectivity index is 1.79. The van der Waals surface area contributed by atoms with Gasteiger partial charge in [-0.15, -0.1) is 10.2 Å². The molecule has 0 amide bonds. The average Bonchev–Trinajstić information content (AvgIpc) is 2.87. The van der Waals surface area contributed by atoms with Crippen molar-refractivity contribution in [2.75, 3.05) is 5.73 Å². The van der Waals surface area contributed by atoms with Crippen molar-refractivity contribution in [1.82, 2.24) is 20.6 Å². The summed E-state index contributed by atoms with van der Waals surface area (Å²) in [5, 5.41) is 14.1. The molecular weight excluding hydrogens is 190 g/mol. The van der Waals surface area contributed by atoms with Gasteiger partial charge < -0.3 is 5.73 Å².